The third kappa shape index (κ3) is 2.24. The van der Waals surface area contributed by atoms with Gasteiger partial charge in [0.1, 0.15) is 10.4 Å². The van der Waals surface area contributed by atoms with E-state index in [2.05, 4.69) is 35.8 Å². The van der Waals surface area contributed by atoms with Crippen LogP contribution in [0.2, 0.25) is 0 Å². The first-order chi connectivity index (χ1) is 9.15. The second kappa shape index (κ2) is 4.71. The number of carbonyl (C=O) groups is 1. The zero-order valence-corrected chi connectivity index (χ0v) is 12.1. The summed E-state index contributed by atoms with van der Waals surface area (Å²) in [5.74, 6) is -0.324. The van der Waals surface area contributed by atoms with E-state index in [1.807, 2.05) is 12.1 Å². The molecule has 0 atom stereocenters. The molecular weight excluding hydrogens is 332 g/mol. The normalized spacial score (nSPS) is 10.8. The van der Waals surface area contributed by atoms with Gasteiger partial charge in [-0.25, -0.2) is 0 Å². The fourth-order valence-corrected chi connectivity index (χ4v) is 2.55. The molecule has 3 rings (SSSR count). The van der Waals surface area contributed by atoms with E-state index in [0.717, 1.165) is 16.0 Å². The van der Waals surface area contributed by atoms with E-state index < -0.39 is 0 Å². The Morgan fingerprint density at radius 1 is 1.47 bits per heavy atom. The molecule has 1 aromatic carbocycles. The number of fused-ring (bicyclic) bond motifs is 1. The Labute approximate surface area is 120 Å². The number of aromatic nitrogens is 3. The third-order valence-electron chi connectivity index (χ3n) is 2.45. The maximum atomic E-state index is 12.0. The number of para-hydroxylation sites is 1. The molecule has 0 aliphatic heterocycles. The van der Waals surface area contributed by atoms with Gasteiger partial charge in [-0.15, -0.1) is 5.10 Å². The molecule has 1 amide bonds. The Kier molecular flexibility index (Phi) is 3.03. The van der Waals surface area contributed by atoms with Gasteiger partial charge in [0.2, 0.25) is 0 Å². The van der Waals surface area contributed by atoms with Gasteiger partial charge < -0.3 is 4.42 Å². The monoisotopic (exact) mass is 338 g/mol. The number of benzene rings is 1. The van der Waals surface area contributed by atoms with Gasteiger partial charge in [-0.1, -0.05) is 10.6 Å². The molecule has 2 heterocycles. The summed E-state index contributed by atoms with van der Waals surface area (Å²) in [6.45, 7) is 1.72. The lowest BCUT2D eigenvalue weighted by Gasteiger charge is -1.96. The summed E-state index contributed by atoms with van der Waals surface area (Å²) < 4.78 is 9.97. The minimum atomic E-state index is -0.324. The van der Waals surface area contributed by atoms with E-state index >= 15 is 0 Å². The average Bonchev–Trinajstić information content (AvgIpc) is 2.95. The SMILES string of the molecule is Cc1nnsc1C(=O)Nc1nc2c(Br)cccc2o1. The minimum Gasteiger partial charge on any atom is -0.423 e. The molecule has 0 saturated heterocycles. The van der Waals surface area contributed by atoms with Crippen LogP contribution in [0.1, 0.15) is 15.4 Å². The van der Waals surface area contributed by atoms with Crippen molar-refractivity contribution in [1.82, 2.24) is 14.6 Å². The van der Waals surface area contributed by atoms with Gasteiger partial charge >= 0.3 is 6.01 Å². The molecule has 0 spiro atoms. The summed E-state index contributed by atoms with van der Waals surface area (Å²) in [5, 5.41) is 6.38. The van der Waals surface area contributed by atoms with Crippen molar-refractivity contribution in [1.29, 1.82) is 0 Å². The lowest BCUT2D eigenvalue weighted by molar-refractivity contribution is 0.102. The molecule has 0 radical (unpaired) electrons. The van der Waals surface area contributed by atoms with E-state index in [0.29, 0.717) is 21.7 Å². The van der Waals surface area contributed by atoms with Gasteiger partial charge in [0, 0.05) is 4.47 Å². The number of aryl methyl sites for hydroxylation is 1. The van der Waals surface area contributed by atoms with E-state index in [4.69, 9.17) is 4.42 Å². The van der Waals surface area contributed by atoms with Crippen molar-refractivity contribution in [2.24, 2.45) is 0 Å². The van der Waals surface area contributed by atoms with E-state index in [9.17, 15) is 4.79 Å². The summed E-state index contributed by atoms with van der Waals surface area (Å²) in [7, 11) is 0. The number of nitrogens with one attached hydrogen (secondary N) is 1. The van der Waals surface area contributed by atoms with Crippen LogP contribution in [0.25, 0.3) is 11.1 Å². The first-order valence-corrected chi connectivity index (χ1v) is 6.87. The van der Waals surface area contributed by atoms with Crippen LogP contribution in [0.4, 0.5) is 6.01 Å². The lowest BCUT2D eigenvalue weighted by Crippen LogP contribution is -2.11. The number of anilines is 1. The fraction of sp³-hybridized carbons (Fsp3) is 0.0909. The smallest absolute Gasteiger partial charge is 0.302 e. The predicted molar refractivity (Wildman–Crippen MR) is 74.3 cm³/mol. The molecule has 0 unspecified atom stereocenters. The number of rotatable bonds is 2. The summed E-state index contributed by atoms with van der Waals surface area (Å²) in [5.41, 5.74) is 1.85. The van der Waals surface area contributed by atoms with Crippen molar-refractivity contribution in [2.45, 2.75) is 6.92 Å². The van der Waals surface area contributed by atoms with Gasteiger partial charge in [-0.05, 0) is 46.5 Å². The number of hydrogen-bond acceptors (Lipinski definition) is 6. The molecular formula is C11H7BrN4O2S. The largest absolute Gasteiger partial charge is 0.423 e. The van der Waals surface area contributed by atoms with Gasteiger partial charge in [-0.3, -0.25) is 10.1 Å². The van der Waals surface area contributed by atoms with Crippen LogP contribution < -0.4 is 5.32 Å². The van der Waals surface area contributed by atoms with Gasteiger partial charge in [0.15, 0.2) is 5.58 Å². The molecule has 2 aromatic heterocycles. The Morgan fingerprint density at radius 3 is 3.00 bits per heavy atom. The molecule has 96 valence electrons. The van der Waals surface area contributed by atoms with Crippen molar-refractivity contribution < 1.29 is 9.21 Å². The van der Waals surface area contributed by atoms with Crippen molar-refractivity contribution in [3.63, 3.8) is 0 Å². The Balaban J connectivity index is 1.92. The van der Waals surface area contributed by atoms with Crippen molar-refractivity contribution in [3.8, 4) is 0 Å². The summed E-state index contributed by atoms with van der Waals surface area (Å²) in [6.07, 6.45) is 0. The first-order valence-electron chi connectivity index (χ1n) is 5.30. The van der Waals surface area contributed by atoms with Crippen LogP contribution in [-0.4, -0.2) is 20.5 Å². The summed E-state index contributed by atoms with van der Waals surface area (Å²) >= 11 is 4.41. The number of carbonyl (C=O) groups excluding carboxylic acids is 1. The number of amides is 1. The zero-order chi connectivity index (χ0) is 13.4. The van der Waals surface area contributed by atoms with E-state index in [-0.39, 0.29) is 11.9 Å². The zero-order valence-electron chi connectivity index (χ0n) is 9.68. The molecule has 8 heteroatoms. The van der Waals surface area contributed by atoms with Crippen molar-refractivity contribution >= 4 is 50.5 Å². The molecule has 6 nitrogen and oxygen atoms in total. The Bertz CT molecular complexity index is 767. The topological polar surface area (TPSA) is 80.9 Å². The highest BCUT2D eigenvalue weighted by Gasteiger charge is 2.16. The number of hydrogen-bond donors (Lipinski definition) is 1. The molecule has 19 heavy (non-hydrogen) atoms. The minimum absolute atomic E-state index is 0.153. The number of halogens is 1. The molecule has 0 aliphatic rings. The maximum Gasteiger partial charge on any atom is 0.302 e. The van der Waals surface area contributed by atoms with Gasteiger partial charge in [0.25, 0.3) is 5.91 Å². The van der Waals surface area contributed by atoms with Crippen LogP contribution in [0.15, 0.2) is 27.1 Å². The Morgan fingerprint density at radius 2 is 2.32 bits per heavy atom. The van der Waals surface area contributed by atoms with Crippen LogP contribution in [0, 0.1) is 6.92 Å². The standard InChI is InChI=1S/C11H7BrN4O2S/c1-5-9(19-16-15-5)10(17)14-11-13-8-6(12)3-2-4-7(8)18-11/h2-4H,1H3,(H,13,14,17). The molecule has 0 bridgehead atoms. The second-order valence-electron chi connectivity index (χ2n) is 3.75. The Hall–Kier alpha value is -1.80. The van der Waals surface area contributed by atoms with Gasteiger partial charge in [0.05, 0.1) is 5.69 Å². The van der Waals surface area contributed by atoms with Crippen molar-refractivity contribution in [2.75, 3.05) is 5.32 Å². The van der Waals surface area contributed by atoms with Crippen LogP contribution >= 0.6 is 27.5 Å². The second-order valence-corrected chi connectivity index (χ2v) is 5.36. The maximum absolute atomic E-state index is 12.0. The highest BCUT2D eigenvalue weighted by molar-refractivity contribution is 9.10. The molecule has 0 saturated carbocycles. The van der Waals surface area contributed by atoms with Crippen LogP contribution in [0.3, 0.4) is 0 Å². The lowest BCUT2D eigenvalue weighted by atomic mass is 10.3. The highest BCUT2D eigenvalue weighted by atomic mass is 79.9. The van der Waals surface area contributed by atoms with Crippen LogP contribution in [0.5, 0.6) is 0 Å². The number of oxazole rings is 1. The highest BCUT2D eigenvalue weighted by Crippen LogP contribution is 2.26. The summed E-state index contributed by atoms with van der Waals surface area (Å²) in [6, 6.07) is 5.62. The molecule has 0 fully saturated rings. The quantitative estimate of drug-likeness (QED) is 0.776. The number of nitrogens with zero attached hydrogens (tertiary/aromatic N) is 3. The van der Waals surface area contributed by atoms with E-state index in [1.165, 1.54) is 0 Å². The van der Waals surface area contributed by atoms with Crippen molar-refractivity contribution in [3.05, 3.63) is 33.2 Å². The summed E-state index contributed by atoms with van der Waals surface area (Å²) in [4.78, 5) is 16.6. The molecule has 1 N–H and O–H groups in total. The molecule has 3 aromatic rings. The predicted octanol–water partition coefficient (Wildman–Crippen LogP) is 3.00. The third-order valence-corrected chi connectivity index (χ3v) is 3.91. The average molecular weight is 339 g/mol. The molecule has 0 aliphatic carbocycles. The first kappa shape index (κ1) is 12.2. The van der Waals surface area contributed by atoms with Gasteiger partial charge in [-0.2, -0.15) is 4.98 Å². The van der Waals surface area contributed by atoms with E-state index in [1.54, 1.807) is 13.0 Å². The van der Waals surface area contributed by atoms with Crippen LogP contribution in [-0.2, 0) is 0 Å². The fourth-order valence-electron chi connectivity index (χ4n) is 1.56.